The molecule has 2 heterocycles. The van der Waals surface area contributed by atoms with E-state index in [0.717, 1.165) is 5.56 Å². The molecule has 8 heteroatoms. The molecule has 128 valence electrons. The number of rotatable bonds is 4. The molecule has 1 aromatic carbocycles. The Hall–Kier alpha value is -1.57. The van der Waals surface area contributed by atoms with Crippen molar-refractivity contribution in [3.05, 3.63) is 29.3 Å². The Morgan fingerprint density at radius 2 is 2.00 bits per heavy atom. The van der Waals surface area contributed by atoms with Crippen LogP contribution in [0.4, 0.5) is 0 Å². The van der Waals surface area contributed by atoms with Crippen LogP contribution in [0, 0.1) is 0 Å². The van der Waals surface area contributed by atoms with Crippen LogP contribution in [0.2, 0.25) is 5.02 Å². The van der Waals surface area contributed by atoms with Gasteiger partial charge in [0.05, 0.1) is 18.0 Å². The Morgan fingerprint density at radius 1 is 1.33 bits per heavy atom. The second-order valence-corrected chi connectivity index (χ2v) is 7.20. The lowest BCUT2D eigenvalue weighted by molar-refractivity contribution is -0.140. The normalized spacial score (nSPS) is 21.0. The van der Waals surface area contributed by atoms with Gasteiger partial charge in [0.25, 0.3) is 0 Å². The number of carbonyl (C=O) groups excluding carboxylic acids is 1. The first-order chi connectivity index (χ1) is 11.5. The zero-order valence-electron chi connectivity index (χ0n) is 13.5. The summed E-state index contributed by atoms with van der Waals surface area (Å²) in [5.41, 5.74) is 0.904. The summed E-state index contributed by atoms with van der Waals surface area (Å²) in [6.07, 6.45) is 0.144. The number of benzene rings is 1. The van der Waals surface area contributed by atoms with E-state index in [2.05, 4.69) is 15.2 Å². The highest BCUT2D eigenvalue weighted by atomic mass is 35.5. The maximum Gasteiger partial charge on any atom is 0.233 e. The topological polar surface area (TPSA) is 71.1 Å². The van der Waals surface area contributed by atoms with Crippen molar-refractivity contribution in [3.8, 4) is 11.4 Å². The Labute approximate surface area is 149 Å². The number of thioether (sulfide) groups is 1. The number of aromatic amines is 1. The van der Waals surface area contributed by atoms with Gasteiger partial charge in [-0.1, -0.05) is 23.4 Å². The molecule has 1 aliphatic rings. The van der Waals surface area contributed by atoms with Gasteiger partial charge in [-0.3, -0.25) is 9.89 Å². The van der Waals surface area contributed by atoms with Crippen LogP contribution in [0.1, 0.15) is 13.8 Å². The molecule has 1 fully saturated rings. The van der Waals surface area contributed by atoms with Crippen LogP contribution in [-0.4, -0.2) is 57.0 Å². The monoisotopic (exact) mass is 366 g/mol. The Balaban J connectivity index is 1.57. The second kappa shape index (κ2) is 7.55. The zero-order chi connectivity index (χ0) is 17.1. The second-order valence-electron chi connectivity index (χ2n) is 5.82. The summed E-state index contributed by atoms with van der Waals surface area (Å²) in [4.78, 5) is 18.6. The first-order valence-corrected chi connectivity index (χ1v) is 9.12. The van der Waals surface area contributed by atoms with Crippen LogP contribution < -0.4 is 0 Å². The van der Waals surface area contributed by atoms with Crippen molar-refractivity contribution in [1.29, 1.82) is 0 Å². The van der Waals surface area contributed by atoms with Crippen LogP contribution in [-0.2, 0) is 9.53 Å². The van der Waals surface area contributed by atoms with Crippen LogP contribution in [0.5, 0.6) is 0 Å². The fourth-order valence-electron chi connectivity index (χ4n) is 2.65. The molecule has 1 aliphatic heterocycles. The smallest absolute Gasteiger partial charge is 0.233 e. The minimum absolute atomic E-state index is 0.0720. The van der Waals surface area contributed by atoms with Crippen molar-refractivity contribution < 1.29 is 9.53 Å². The molecule has 24 heavy (non-hydrogen) atoms. The minimum atomic E-state index is 0.0720. The van der Waals surface area contributed by atoms with E-state index in [1.807, 2.05) is 30.9 Å². The molecule has 0 bridgehead atoms. The molecule has 0 saturated carbocycles. The van der Waals surface area contributed by atoms with E-state index in [4.69, 9.17) is 16.3 Å². The number of ether oxygens (including phenoxy) is 1. The third kappa shape index (κ3) is 4.28. The van der Waals surface area contributed by atoms with Crippen LogP contribution in [0.15, 0.2) is 29.4 Å². The van der Waals surface area contributed by atoms with Crippen molar-refractivity contribution in [2.24, 2.45) is 0 Å². The van der Waals surface area contributed by atoms with E-state index >= 15 is 0 Å². The number of amides is 1. The lowest BCUT2D eigenvalue weighted by Gasteiger charge is -2.35. The van der Waals surface area contributed by atoms with Gasteiger partial charge in [-0.25, -0.2) is 4.98 Å². The van der Waals surface area contributed by atoms with Crippen LogP contribution in [0.25, 0.3) is 11.4 Å². The van der Waals surface area contributed by atoms with Gasteiger partial charge < -0.3 is 9.64 Å². The Bertz CT molecular complexity index is 696. The molecule has 0 spiro atoms. The van der Waals surface area contributed by atoms with Crippen LogP contribution in [0.3, 0.4) is 0 Å². The van der Waals surface area contributed by atoms with Gasteiger partial charge >= 0.3 is 0 Å². The van der Waals surface area contributed by atoms with Crippen molar-refractivity contribution in [2.45, 2.75) is 31.2 Å². The largest absolute Gasteiger partial charge is 0.372 e. The maximum absolute atomic E-state index is 12.3. The van der Waals surface area contributed by atoms with E-state index < -0.39 is 0 Å². The molecule has 0 radical (unpaired) electrons. The standard InChI is InChI=1S/C16H19ClN4O2S/c1-10-7-21(8-11(2)23-10)14(22)9-24-16-18-15(19-20-16)12-3-5-13(17)6-4-12/h3-6,10-11H,7-9H2,1-2H3,(H,18,19,20). The number of nitrogens with one attached hydrogen (secondary N) is 1. The Morgan fingerprint density at radius 3 is 2.67 bits per heavy atom. The van der Waals surface area contributed by atoms with E-state index in [-0.39, 0.29) is 18.1 Å². The number of H-pyrrole nitrogens is 1. The Kier molecular flexibility index (Phi) is 5.43. The third-order valence-corrected chi connectivity index (χ3v) is 4.76. The van der Waals surface area contributed by atoms with Gasteiger partial charge in [-0.15, -0.1) is 5.10 Å². The van der Waals surface area contributed by atoms with Gasteiger partial charge in [-0.2, -0.15) is 0 Å². The average Bonchev–Trinajstić information content (AvgIpc) is 3.01. The highest BCUT2D eigenvalue weighted by molar-refractivity contribution is 7.99. The van der Waals surface area contributed by atoms with Crippen LogP contribution >= 0.6 is 23.4 Å². The van der Waals surface area contributed by atoms with Crippen molar-refractivity contribution in [1.82, 2.24) is 20.1 Å². The number of aromatic nitrogens is 3. The molecule has 2 unspecified atom stereocenters. The van der Waals surface area contributed by atoms with Gasteiger partial charge in [-0.05, 0) is 38.1 Å². The summed E-state index contributed by atoms with van der Waals surface area (Å²) in [5.74, 6) is 1.06. The van der Waals surface area contributed by atoms with Gasteiger partial charge in [0.15, 0.2) is 5.82 Å². The first kappa shape index (κ1) is 17.3. The number of hydrogen-bond acceptors (Lipinski definition) is 5. The number of carbonyl (C=O) groups is 1. The summed E-state index contributed by atoms with van der Waals surface area (Å²) >= 11 is 7.21. The van der Waals surface area contributed by atoms with Crippen molar-refractivity contribution in [3.63, 3.8) is 0 Å². The average molecular weight is 367 g/mol. The highest BCUT2D eigenvalue weighted by Crippen LogP contribution is 2.21. The van der Waals surface area contributed by atoms with Crippen molar-refractivity contribution in [2.75, 3.05) is 18.8 Å². The van der Waals surface area contributed by atoms with Crippen molar-refractivity contribution >= 4 is 29.3 Å². The van der Waals surface area contributed by atoms with E-state index in [0.29, 0.717) is 34.8 Å². The van der Waals surface area contributed by atoms with E-state index in [1.54, 1.807) is 12.1 Å². The molecule has 1 N–H and O–H groups in total. The third-order valence-electron chi connectivity index (χ3n) is 3.68. The summed E-state index contributed by atoms with van der Waals surface area (Å²) < 4.78 is 5.65. The summed E-state index contributed by atoms with van der Waals surface area (Å²) in [6.45, 7) is 5.23. The number of hydrogen-bond donors (Lipinski definition) is 1. The molecule has 6 nitrogen and oxygen atoms in total. The molecule has 1 saturated heterocycles. The SMILES string of the molecule is CC1CN(C(=O)CSc2n[nH]c(-c3ccc(Cl)cc3)n2)CC(C)O1. The molecular weight excluding hydrogens is 348 g/mol. The van der Waals surface area contributed by atoms with Gasteiger partial charge in [0.1, 0.15) is 0 Å². The van der Waals surface area contributed by atoms with E-state index in [1.165, 1.54) is 11.8 Å². The number of nitrogens with zero attached hydrogens (tertiary/aromatic N) is 3. The predicted molar refractivity (Wildman–Crippen MR) is 94.1 cm³/mol. The van der Waals surface area contributed by atoms with Gasteiger partial charge in [0.2, 0.25) is 11.1 Å². The molecule has 2 atom stereocenters. The summed E-state index contributed by atoms with van der Waals surface area (Å²) in [6, 6.07) is 7.35. The minimum Gasteiger partial charge on any atom is -0.372 e. The highest BCUT2D eigenvalue weighted by Gasteiger charge is 2.25. The summed E-state index contributed by atoms with van der Waals surface area (Å²) in [5, 5.41) is 8.28. The predicted octanol–water partition coefficient (Wildman–Crippen LogP) is 2.85. The summed E-state index contributed by atoms with van der Waals surface area (Å²) in [7, 11) is 0. The lowest BCUT2D eigenvalue weighted by atomic mass is 10.2. The fraction of sp³-hybridized carbons (Fsp3) is 0.438. The molecule has 3 rings (SSSR count). The molecule has 2 aromatic rings. The zero-order valence-corrected chi connectivity index (χ0v) is 15.1. The molecule has 0 aliphatic carbocycles. The lowest BCUT2D eigenvalue weighted by Crippen LogP contribution is -2.48. The molecule has 1 amide bonds. The maximum atomic E-state index is 12.3. The quantitative estimate of drug-likeness (QED) is 0.842. The van der Waals surface area contributed by atoms with Gasteiger partial charge in [0, 0.05) is 23.7 Å². The number of morpholine rings is 1. The first-order valence-electron chi connectivity index (χ1n) is 7.75. The molecular formula is C16H19ClN4O2S. The van der Waals surface area contributed by atoms with E-state index in [9.17, 15) is 4.79 Å². The fourth-order valence-corrected chi connectivity index (χ4v) is 3.47. The molecule has 1 aromatic heterocycles. The number of halogens is 1.